The Morgan fingerprint density at radius 2 is 2.15 bits per heavy atom. The zero-order chi connectivity index (χ0) is 18.8. The minimum absolute atomic E-state index is 0.0139. The van der Waals surface area contributed by atoms with Gasteiger partial charge in [0, 0.05) is 23.6 Å². The zero-order valence-corrected chi connectivity index (χ0v) is 16.1. The minimum atomic E-state index is -0.0139. The summed E-state index contributed by atoms with van der Waals surface area (Å²) in [6, 6.07) is 3.91. The predicted octanol–water partition coefficient (Wildman–Crippen LogP) is 2.61. The molecule has 144 valence electrons. The number of amides is 1. The van der Waals surface area contributed by atoms with Crippen molar-refractivity contribution < 1.29 is 14.3 Å². The number of nitrogens with zero attached hydrogens (tertiary/aromatic N) is 4. The molecule has 8 heteroatoms. The minimum Gasteiger partial charge on any atom is -0.493 e. The Kier molecular flexibility index (Phi) is 5.31. The van der Waals surface area contributed by atoms with E-state index in [1.807, 2.05) is 23.0 Å². The third-order valence-corrected chi connectivity index (χ3v) is 5.29. The molecule has 0 spiro atoms. The lowest BCUT2D eigenvalue weighted by Crippen LogP contribution is -2.31. The van der Waals surface area contributed by atoms with Crippen molar-refractivity contribution in [3.05, 3.63) is 40.2 Å². The Labute approximate surface area is 163 Å². The van der Waals surface area contributed by atoms with Gasteiger partial charge in [-0.25, -0.2) is 4.68 Å². The number of benzene rings is 1. The molecule has 0 bridgehead atoms. The van der Waals surface area contributed by atoms with Crippen LogP contribution in [0.4, 0.5) is 0 Å². The zero-order valence-electron chi connectivity index (χ0n) is 15.4. The van der Waals surface area contributed by atoms with Gasteiger partial charge in [-0.3, -0.25) is 4.79 Å². The average molecular weight is 391 g/mol. The summed E-state index contributed by atoms with van der Waals surface area (Å²) >= 11 is 6.33. The van der Waals surface area contributed by atoms with Gasteiger partial charge < -0.3 is 14.4 Å². The molecule has 0 N–H and O–H groups in total. The molecule has 0 saturated carbocycles. The van der Waals surface area contributed by atoms with Gasteiger partial charge in [-0.2, -0.15) is 0 Å². The van der Waals surface area contributed by atoms with Crippen LogP contribution >= 0.6 is 11.6 Å². The fourth-order valence-electron chi connectivity index (χ4n) is 3.71. The first-order chi connectivity index (χ1) is 13.2. The Morgan fingerprint density at radius 1 is 1.26 bits per heavy atom. The molecule has 2 aliphatic heterocycles. The molecule has 1 aromatic heterocycles. The maximum atomic E-state index is 12.2. The summed E-state index contributed by atoms with van der Waals surface area (Å²) in [6.45, 7) is 4.86. The number of hydrogen-bond donors (Lipinski definition) is 0. The van der Waals surface area contributed by atoms with Gasteiger partial charge in [-0.05, 0) is 24.1 Å². The number of fused-ring (bicyclic) bond motifs is 1. The van der Waals surface area contributed by atoms with Gasteiger partial charge in [0.05, 0.1) is 45.0 Å². The predicted molar refractivity (Wildman–Crippen MR) is 100.0 cm³/mol. The SMILES string of the molecule is CCC(c1cc(Cl)cc2c1OCC2)n1cc(CN2CCOCCC2=O)nn1. The van der Waals surface area contributed by atoms with Crippen LogP contribution in [0.2, 0.25) is 5.02 Å². The number of carbonyl (C=O) groups excluding carboxylic acids is 1. The lowest BCUT2D eigenvalue weighted by molar-refractivity contribution is -0.131. The van der Waals surface area contributed by atoms with E-state index in [1.54, 1.807) is 4.90 Å². The van der Waals surface area contributed by atoms with E-state index in [1.165, 1.54) is 0 Å². The monoisotopic (exact) mass is 390 g/mol. The highest BCUT2D eigenvalue weighted by Crippen LogP contribution is 2.38. The second-order valence-electron chi connectivity index (χ2n) is 6.87. The van der Waals surface area contributed by atoms with Gasteiger partial charge in [0.2, 0.25) is 5.91 Å². The normalized spacial score (nSPS) is 18.1. The van der Waals surface area contributed by atoms with E-state index in [-0.39, 0.29) is 11.9 Å². The smallest absolute Gasteiger partial charge is 0.225 e. The molecule has 1 aromatic carbocycles. The molecule has 3 heterocycles. The van der Waals surface area contributed by atoms with Crippen molar-refractivity contribution in [2.45, 2.75) is 38.8 Å². The van der Waals surface area contributed by atoms with Crippen molar-refractivity contribution in [3.8, 4) is 5.75 Å². The molecule has 7 nitrogen and oxygen atoms in total. The summed E-state index contributed by atoms with van der Waals surface area (Å²) in [7, 11) is 0. The van der Waals surface area contributed by atoms with E-state index < -0.39 is 0 Å². The Morgan fingerprint density at radius 3 is 3.00 bits per heavy atom. The summed E-state index contributed by atoms with van der Waals surface area (Å²) in [4.78, 5) is 13.9. The van der Waals surface area contributed by atoms with Crippen LogP contribution in [-0.2, 0) is 22.5 Å². The molecule has 1 amide bonds. The first kappa shape index (κ1) is 18.3. The van der Waals surface area contributed by atoms with E-state index in [9.17, 15) is 4.79 Å². The van der Waals surface area contributed by atoms with Crippen molar-refractivity contribution in [1.82, 2.24) is 19.9 Å². The second-order valence-corrected chi connectivity index (χ2v) is 7.31. The fourth-order valence-corrected chi connectivity index (χ4v) is 3.96. The topological polar surface area (TPSA) is 69.5 Å². The van der Waals surface area contributed by atoms with Crippen LogP contribution in [0.3, 0.4) is 0 Å². The van der Waals surface area contributed by atoms with E-state index >= 15 is 0 Å². The molecule has 27 heavy (non-hydrogen) atoms. The Hall–Kier alpha value is -2.12. The molecule has 2 aliphatic rings. The molecule has 0 radical (unpaired) electrons. The van der Waals surface area contributed by atoms with Crippen LogP contribution in [0.1, 0.15) is 42.6 Å². The van der Waals surface area contributed by atoms with E-state index in [2.05, 4.69) is 17.2 Å². The van der Waals surface area contributed by atoms with Gasteiger partial charge >= 0.3 is 0 Å². The first-order valence-electron chi connectivity index (χ1n) is 9.37. The number of hydrogen-bond acceptors (Lipinski definition) is 5. The van der Waals surface area contributed by atoms with Gasteiger partial charge in [0.15, 0.2) is 0 Å². The number of halogens is 1. The second kappa shape index (κ2) is 7.86. The largest absolute Gasteiger partial charge is 0.493 e. The number of carbonyl (C=O) groups is 1. The van der Waals surface area contributed by atoms with Crippen LogP contribution in [0.5, 0.6) is 5.75 Å². The lowest BCUT2D eigenvalue weighted by Gasteiger charge is -2.19. The molecule has 0 aliphatic carbocycles. The maximum absolute atomic E-state index is 12.2. The summed E-state index contributed by atoms with van der Waals surface area (Å²) in [5.74, 6) is 1.01. The standard InChI is InChI=1S/C19H23ClN4O3/c1-2-17(16-10-14(20)9-13-3-7-27-19(13)16)24-12-15(21-22-24)11-23-5-8-26-6-4-18(23)25/h9-10,12,17H,2-8,11H2,1H3. The third kappa shape index (κ3) is 3.80. The summed E-state index contributed by atoms with van der Waals surface area (Å²) < 4.78 is 13.1. The maximum Gasteiger partial charge on any atom is 0.225 e. The number of ether oxygens (including phenoxy) is 2. The third-order valence-electron chi connectivity index (χ3n) is 5.07. The van der Waals surface area contributed by atoms with E-state index in [4.69, 9.17) is 21.1 Å². The van der Waals surface area contributed by atoms with Gasteiger partial charge in [0.1, 0.15) is 11.4 Å². The van der Waals surface area contributed by atoms with Crippen LogP contribution in [0, 0.1) is 0 Å². The van der Waals surface area contributed by atoms with Crippen LogP contribution in [0.25, 0.3) is 0 Å². The number of rotatable bonds is 5. The Balaban J connectivity index is 1.57. The molecule has 1 atom stereocenters. The highest BCUT2D eigenvalue weighted by atomic mass is 35.5. The lowest BCUT2D eigenvalue weighted by atomic mass is 10.00. The molecule has 4 rings (SSSR count). The van der Waals surface area contributed by atoms with Crippen molar-refractivity contribution >= 4 is 17.5 Å². The van der Waals surface area contributed by atoms with Crippen molar-refractivity contribution in [3.63, 3.8) is 0 Å². The van der Waals surface area contributed by atoms with Crippen LogP contribution < -0.4 is 4.74 Å². The molecular weight excluding hydrogens is 368 g/mol. The number of aromatic nitrogens is 3. The summed E-state index contributed by atoms with van der Waals surface area (Å²) in [5, 5.41) is 9.33. The summed E-state index contributed by atoms with van der Waals surface area (Å²) in [6.07, 6.45) is 4.03. The highest BCUT2D eigenvalue weighted by Gasteiger charge is 2.25. The quantitative estimate of drug-likeness (QED) is 0.784. The molecule has 1 saturated heterocycles. The van der Waals surface area contributed by atoms with Gasteiger partial charge in [0.25, 0.3) is 0 Å². The van der Waals surface area contributed by atoms with Gasteiger partial charge in [-0.1, -0.05) is 23.7 Å². The molecular formula is C19H23ClN4O3. The van der Waals surface area contributed by atoms with Crippen LogP contribution in [-0.4, -0.2) is 52.2 Å². The molecule has 1 unspecified atom stereocenters. The average Bonchev–Trinajstić information content (AvgIpc) is 3.25. The summed E-state index contributed by atoms with van der Waals surface area (Å²) in [5.41, 5.74) is 2.95. The van der Waals surface area contributed by atoms with Crippen molar-refractivity contribution in [2.24, 2.45) is 0 Å². The van der Waals surface area contributed by atoms with Gasteiger partial charge in [-0.15, -0.1) is 5.10 Å². The molecule has 1 fully saturated rings. The van der Waals surface area contributed by atoms with Crippen LogP contribution in [0.15, 0.2) is 18.3 Å². The van der Waals surface area contributed by atoms with Crippen molar-refractivity contribution in [2.75, 3.05) is 26.4 Å². The molecule has 2 aromatic rings. The first-order valence-corrected chi connectivity index (χ1v) is 9.75. The van der Waals surface area contributed by atoms with E-state index in [0.29, 0.717) is 44.4 Å². The van der Waals surface area contributed by atoms with Crippen molar-refractivity contribution in [1.29, 1.82) is 0 Å². The highest BCUT2D eigenvalue weighted by molar-refractivity contribution is 6.30. The van der Waals surface area contributed by atoms with E-state index in [0.717, 1.165) is 35.4 Å². The fraction of sp³-hybridized carbons (Fsp3) is 0.526. The Bertz CT molecular complexity index is 838.